The molecule has 5 heteroatoms. The molecular weight excluding hydrogens is 279 g/mol. The van der Waals surface area contributed by atoms with Crippen LogP contribution in [0.15, 0.2) is 22.7 Å². The number of benzene rings is 1. The van der Waals surface area contributed by atoms with Gasteiger partial charge in [-0.25, -0.2) is 4.39 Å². The van der Waals surface area contributed by atoms with Crippen molar-refractivity contribution in [2.24, 2.45) is 0 Å². The summed E-state index contributed by atoms with van der Waals surface area (Å²) in [5.74, 6) is -0.298. The number of anilines is 1. The SMILES string of the molecule is CC(C)NC(=S)Nc1cc(F)ccc1Br. The first-order valence-electron chi connectivity index (χ1n) is 4.51. The summed E-state index contributed by atoms with van der Waals surface area (Å²) in [6.07, 6.45) is 0. The van der Waals surface area contributed by atoms with Gasteiger partial charge in [0.2, 0.25) is 0 Å². The second-order valence-electron chi connectivity index (χ2n) is 3.38. The van der Waals surface area contributed by atoms with Crippen LogP contribution in [0.4, 0.5) is 10.1 Å². The fourth-order valence-corrected chi connectivity index (χ4v) is 1.71. The van der Waals surface area contributed by atoms with Crippen LogP contribution >= 0.6 is 28.1 Å². The van der Waals surface area contributed by atoms with Crippen molar-refractivity contribution in [3.63, 3.8) is 0 Å². The van der Waals surface area contributed by atoms with Crippen molar-refractivity contribution in [1.82, 2.24) is 5.32 Å². The van der Waals surface area contributed by atoms with E-state index in [4.69, 9.17) is 12.2 Å². The highest BCUT2D eigenvalue weighted by Gasteiger charge is 2.04. The number of thiocarbonyl (C=S) groups is 1. The summed E-state index contributed by atoms with van der Waals surface area (Å²) >= 11 is 8.36. The van der Waals surface area contributed by atoms with E-state index in [9.17, 15) is 4.39 Å². The van der Waals surface area contributed by atoms with Crippen LogP contribution in [0.1, 0.15) is 13.8 Å². The molecule has 0 aliphatic heterocycles. The molecule has 0 heterocycles. The van der Waals surface area contributed by atoms with Crippen molar-refractivity contribution in [2.45, 2.75) is 19.9 Å². The standard InChI is InChI=1S/C10H12BrFN2S/c1-6(2)13-10(15)14-9-5-7(12)3-4-8(9)11/h3-6H,1-2H3,(H2,13,14,15). The fourth-order valence-electron chi connectivity index (χ4n) is 1.01. The number of nitrogens with one attached hydrogen (secondary N) is 2. The molecule has 0 saturated heterocycles. The highest BCUT2D eigenvalue weighted by molar-refractivity contribution is 9.10. The second-order valence-corrected chi connectivity index (χ2v) is 4.64. The molecule has 0 aliphatic rings. The maximum absolute atomic E-state index is 12.9. The summed E-state index contributed by atoms with van der Waals surface area (Å²) in [6.45, 7) is 3.96. The van der Waals surface area contributed by atoms with Gasteiger partial charge in [-0.05, 0) is 60.2 Å². The molecule has 1 rings (SSSR count). The van der Waals surface area contributed by atoms with Gasteiger partial charge in [0, 0.05) is 10.5 Å². The lowest BCUT2D eigenvalue weighted by Gasteiger charge is -2.14. The van der Waals surface area contributed by atoms with E-state index in [1.54, 1.807) is 6.07 Å². The molecule has 0 unspecified atom stereocenters. The Balaban J connectivity index is 2.71. The Kier molecular flexibility index (Phi) is 4.47. The largest absolute Gasteiger partial charge is 0.360 e. The van der Waals surface area contributed by atoms with Crippen LogP contribution in [0.5, 0.6) is 0 Å². The van der Waals surface area contributed by atoms with E-state index in [-0.39, 0.29) is 11.9 Å². The monoisotopic (exact) mass is 290 g/mol. The summed E-state index contributed by atoms with van der Waals surface area (Å²) in [7, 11) is 0. The average molecular weight is 291 g/mol. The Labute approximate surface area is 102 Å². The van der Waals surface area contributed by atoms with Crippen LogP contribution < -0.4 is 10.6 Å². The second kappa shape index (κ2) is 5.42. The fraction of sp³-hybridized carbons (Fsp3) is 0.300. The van der Waals surface area contributed by atoms with Crippen molar-refractivity contribution < 1.29 is 4.39 Å². The summed E-state index contributed by atoms with van der Waals surface area (Å²) in [5, 5.41) is 6.41. The van der Waals surface area contributed by atoms with E-state index in [0.717, 1.165) is 4.47 Å². The molecule has 0 bridgehead atoms. The lowest BCUT2D eigenvalue weighted by Crippen LogP contribution is -2.34. The van der Waals surface area contributed by atoms with Gasteiger partial charge in [0.05, 0.1) is 5.69 Å². The number of hydrogen-bond acceptors (Lipinski definition) is 1. The van der Waals surface area contributed by atoms with E-state index in [1.807, 2.05) is 13.8 Å². The van der Waals surface area contributed by atoms with Gasteiger partial charge in [0.1, 0.15) is 5.82 Å². The van der Waals surface area contributed by atoms with Gasteiger partial charge in [-0.3, -0.25) is 0 Å². The molecule has 0 saturated carbocycles. The van der Waals surface area contributed by atoms with E-state index >= 15 is 0 Å². The van der Waals surface area contributed by atoms with Crippen LogP contribution in [-0.4, -0.2) is 11.2 Å². The van der Waals surface area contributed by atoms with Crippen LogP contribution in [0.3, 0.4) is 0 Å². The highest BCUT2D eigenvalue weighted by Crippen LogP contribution is 2.22. The summed E-state index contributed by atoms with van der Waals surface area (Å²) in [6, 6.07) is 4.65. The lowest BCUT2D eigenvalue weighted by atomic mass is 10.3. The van der Waals surface area contributed by atoms with Crippen LogP contribution in [0.25, 0.3) is 0 Å². The highest BCUT2D eigenvalue weighted by atomic mass is 79.9. The Morgan fingerprint density at radius 3 is 2.73 bits per heavy atom. The maximum Gasteiger partial charge on any atom is 0.171 e. The van der Waals surface area contributed by atoms with Gasteiger partial charge in [0.15, 0.2) is 5.11 Å². The van der Waals surface area contributed by atoms with Gasteiger partial charge in [0.25, 0.3) is 0 Å². The molecule has 1 aromatic rings. The Hall–Kier alpha value is -0.680. The predicted octanol–water partition coefficient (Wildman–Crippen LogP) is 3.28. The Morgan fingerprint density at radius 1 is 1.47 bits per heavy atom. The summed E-state index contributed by atoms with van der Waals surface area (Å²) < 4.78 is 13.7. The first-order chi connectivity index (χ1) is 6.99. The predicted molar refractivity (Wildman–Crippen MR) is 68.6 cm³/mol. The number of rotatable bonds is 2. The third-order valence-corrected chi connectivity index (χ3v) is 2.51. The molecule has 15 heavy (non-hydrogen) atoms. The van der Waals surface area contributed by atoms with Gasteiger partial charge in [-0.1, -0.05) is 0 Å². The zero-order chi connectivity index (χ0) is 11.4. The molecule has 0 fully saturated rings. The van der Waals surface area contributed by atoms with Gasteiger partial charge >= 0.3 is 0 Å². The zero-order valence-corrected chi connectivity index (χ0v) is 10.9. The quantitative estimate of drug-likeness (QED) is 0.818. The smallest absolute Gasteiger partial charge is 0.171 e. The Bertz CT molecular complexity index is 368. The third-order valence-electron chi connectivity index (χ3n) is 1.60. The van der Waals surface area contributed by atoms with Crippen molar-refractivity contribution in [3.8, 4) is 0 Å². The van der Waals surface area contributed by atoms with Gasteiger partial charge in [-0.15, -0.1) is 0 Å². The van der Waals surface area contributed by atoms with E-state index in [1.165, 1.54) is 12.1 Å². The minimum Gasteiger partial charge on any atom is -0.360 e. The van der Waals surface area contributed by atoms with Crippen LogP contribution in [0, 0.1) is 5.82 Å². The molecular formula is C10H12BrFN2S. The van der Waals surface area contributed by atoms with Gasteiger partial charge in [-0.2, -0.15) is 0 Å². The third kappa shape index (κ3) is 4.13. The maximum atomic E-state index is 12.9. The average Bonchev–Trinajstić information content (AvgIpc) is 2.10. The molecule has 0 aliphatic carbocycles. The number of hydrogen-bond donors (Lipinski definition) is 2. The van der Waals surface area contributed by atoms with E-state index in [0.29, 0.717) is 10.8 Å². The van der Waals surface area contributed by atoms with Crippen molar-refractivity contribution in [2.75, 3.05) is 5.32 Å². The molecule has 0 aromatic heterocycles. The molecule has 0 radical (unpaired) electrons. The molecule has 0 atom stereocenters. The van der Waals surface area contributed by atoms with Crippen molar-refractivity contribution >= 4 is 38.9 Å². The molecule has 1 aromatic carbocycles. The van der Waals surface area contributed by atoms with E-state index < -0.39 is 0 Å². The molecule has 2 nitrogen and oxygen atoms in total. The first kappa shape index (κ1) is 12.4. The zero-order valence-electron chi connectivity index (χ0n) is 8.47. The van der Waals surface area contributed by atoms with Crippen molar-refractivity contribution in [3.05, 3.63) is 28.5 Å². The molecule has 82 valence electrons. The lowest BCUT2D eigenvalue weighted by molar-refractivity contribution is 0.628. The van der Waals surface area contributed by atoms with Crippen molar-refractivity contribution in [1.29, 1.82) is 0 Å². The summed E-state index contributed by atoms with van der Waals surface area (Å²) in [4.78, 5) is 0. The number of halogens is 2. The first-order valence-corrected chi connectivity index (χ1v) is 5.71. The summed E-state index contributed by atoms with van der Waals surface area (Å²) in [5.41, 5.74) is 0.619. The topological polar surface area (TPSA) is 24.1 Å². The van der Waals surface area contributed by atoms with Crippen LogP contribution in [-0.2, 0) is 0 Å². The van der Waals surface area contributed by atoms with Crippen LogP contribution in [0.2, 0.25) is 0 Å². The molecule has 0 spiro atoms. The van der Waals surface area contributed by atoms with E-state index in [2.05, 4.69) is 26.6 Å². The van der Waals surface area contributed by atoms with Gasteiger partial charge < -0.3 is 10.6 Å². The minimum absolute atomic E-state index is 0.248. The molecule has 0 amide bonds. The molecule has 2 N–H and O–H groups in total. The Morgan fingerprint density at radius 2 is 2.13 bits per heavy atom. The normalized spacial score (nSPS) is 10.2. The minimum atomic E-state index is -0.298.